The maximum Gasteiger partial charge on any atom is 0.322 e. The van der Waals surface area contributed by atoms with Crippen molar-refractivity contribution in [1.82, 2.24) is 5.32 Å². The molecule has 1 aromatic rings. The van der Waals surface area contributed by atoms with Crippen LogP contribution in [0, 0.1) is 0 Å². The number of phenolic OH excluding ortho intramolecular Hbond substituents is 1. The highest BCUT2D eigenvalue weighted by molar-refractivity contribution is 9.10. The van der Waals surface area contributed by atoms with Gasteiger partial charge >= 0.3 is 5.97 Å². The van der Waals surface area contributed by atoms with Crippen LogP contribution in [0.25, 0.3) is 0 Å². The van der Waals surface area contributed by atoms with Crippen molar-refractivity contribution in [2.24, 2.45) is 0 Å². The van der Waals surface area contributed by atoms with Gasteiger partial charge in [-0.1, -0.05) is 13.0 Å². The Kier molecular flexibility index (Phi) is 5.44. The van der Waals surface area contributed by atoms with Crippen LogP contribution in [0.15, 0.2) is 22.7 Å². The molecule has 0 amide bonds. The number of ether oxygens (including phenoxy) is 1. The molecule has 1 atom stereocenters. The molecule has 0 aliphatic rings. The number of hydrogen-bond donors (Lipinski definition) is 2. The monoisotopic (exact) mass is 301 g/mol. The highest BCUT2D eigenvalue weighted by Gasteiger charge is 2.15. The van der Waals surface area contributed by atoms with Crippen LogP contribution in [-0.4, -0.2) is 24.2 Å². The van der Waals surface area contributed by atoms with Gasteiger partial charge in [0, 0.05) is 6.54 Å². The van der Waals surface area contributed by atoms with Gasteiger partial charge in [0.15, 0.2) is 0 Å². The first-order valence-corrected chi connectivity index (χ1v) is 6.16. The minimum absolute atomic E-state index is 0.203. The van der Waals surface area contributed by atoms with Gasteiger partial charge in [-0.15, -0.1) is 0 Å². The molecule has 1 rings (SSSR count). The smallest absolute Gasteiger partial charge is 0.322 e. The summed E-state index contributed by atoms with van der Waals surface area (Å²) in [5, 5.41) is 12.5. The molecule has 0 saturated carbocycles. The zero-order valence-electron chi connectivity index (χ0n) is 9.87. The Labute approximate surface area is 109 Å². The summed E-state index contributed by atoms with van der Waals surface area (Å²) >= 11 is 3.24. The maximum absolute atomic E-state index is 11.4. The molecule has 0 heterocycles. The quantitative estimate of drug-likeness (QED) is 0.819. The van der Waals surface area contributed by atoms with Crippen molar-refractivity contribution >= 4 is 21.9 Å². The first-order valence-electron chi connectivity index (χ1n) is 5.37. The Hall–Kier alpha value is -1.07. The number of aromatic hydroxyl groups is 1. The Morgan fingerprint density at radius 2 is 2.29 bits per heavy atom. The number of esters is 1. The van der Waals surface area contributed by atoms with Crippen LogP contribution in [0.4, 0.5) is 0 Å². The molecule has 1 aromatic carbocycles. The molecule has 17 heavy (non-hydrogen) atoms. The van der Waals surface area contributed by atoms with Crippen LogP contribution >= 0.6 is 15.9 Å². The fraction of sp³-hybridized carbons (Fsp3) is 0.417. The van der Waals surface area contributed by atoms with E-state index < -0.39 is 0 Å². The molecule has 94 valence electrons. The molecule has 5 heteroatoms. The van der Waals surface area contributed by atoms with E-state index in [0.717, 1.165) is 5.56 Å². The van der Waals surface area contributed by atoms with E-state index in [1.807, 2.05) is 13.0 Å². The van der Waals surface area contributed by atoms with Crippen molar-refractivity contribution in [2.45, 2.75) is 25.9 Å². The second kappa shape index (κ2) is 6.61. The van der Waals surface area contributed by atoms with Crippen molar-refractivity contribution < 1.29 is 14.6 Å². The number of carbonyl (C=O) groups is 1. The zero-order valence-corrected chi connectivity index (χ0v) is 11.5. The summed E-state index contributed by atoms with van der Waals surface area (Å²) in [6, 6.07) is 4.93. The number of benzene rings is 1. The van der Waals surface area contributed by atoms with Gasteiger partial charge in [0.05, 0.1) is 11.6 Å². The summed E-state index contributed by atoms with van der Waals surface area (Å²) in [4.78, 5) is 11.4. The summed E-state index contributed by atoms with van der Waals surface area (Å²) in [5.74, 6) is -0.0564. The lowest BCUT2D eigenvalue weighted by atomic mass is 10.2. The Balaban J connectivity index is 2.59. The van der Waals surface area contributed by atoms with Crippen LogP contribution in [0.2, 0.25) is 0 Å². The maximum atomic E-state index is 11.4. The number of hydrogen-bond acceptors (Lipinski definition) is 4. The van der Waals surface area contributed by atoms with Gasteiger partial charge in [0.2, 0.25) is 0 Å². The molecule has 0 saturated heterocycles. The highest BCUT2D eigenvalue weighted by Crippen LogP contribution is 2.24. The zero-order chi connectivity index (χ0) is 12.8. The topological polar surface area (TPSA) is 58.6 Å². The van der Waals surface area contributed by atoms with E-state index in [-0.39, 0.29) is 17.8 Å². The summed E-state index contributed by atoms with van der Waals surface area (Å²) in [7, 11) is 1.38. The van der Waals surface area contributed by atoms with Crippen molar-refractivity contribution in [2.75, 3.05) is 7.11 Å². The number of methoxy groups -OCH3 is 1. The van der Waals surface area contributed by atoms with Crippen LogP contribution in [0.5, 0.6) is 5.75 Å². The predicted molar refractivity (Wildman–Crippen MR) is 68.7 cm³/mol. The Morgan fingerprint density at radius 1 is 1.59 bits per heavy atom. The minimum atomic E-state index is -0.299. The van der Waals surface area contributed by atoms with E-state index in [1.165, 1.54) is 7.11 Å². The molecular weight excluding hydrogens is 286 g/mol. The third-order valence-corrected chi connectivity index (χ3v) is 3.09. The molecule has 4 nitrogen and oxygen atoms in total. The number of rotatable bonds is 5. The molecule has 1 unspecified atom stereocenters. The number of carbonyl (C=O) groups excluding carboxylic acids is 1. The van der Waals surface area contributed by atoms with E-state index in [4.69, 9.17) is 0 Å². The second-order valence-corrected chi connectivity index (χ2v) is 4.50. The van der Waals surface area contributed by atoms with Crippen molar-refractivity contribution in [3.63, 3.8) is 0 Å². The normalized spacial score (nSPS) is 12.2. The van der Waals surface area contributed by atoms with Crippen LogP contribution < -0.4 is 5.32 Å². The van der Waals surface area contributed by atoms with Gasteiger partial charge in [-0.2, -0.15) is 0 Å². The van der Waals surface area contributed by atoms with E-state index in [9.17, 15) is 9.90 Å². The standard InChI is InChI=1S/C12H16BrNO3/c1-3-10(12(16)17-2)14-7-8-4-5-11(15)9(13)6-8/h4-6,10,14-15H,3,7H2,1-2H3. The molecule has 2 N–H and O–H groups in total. The Bertz CT molecular complexity index is 395. The van der Waals surface area contributed by atoms with Crippen molar-refractivity contribution in [1.29, 1.82) is 0 Å². The van der Waals surface area contributed by atoms with Gasteiger partial charge < -0.3 is 15.2 Å². The summed E-state index contributed by atoms with van der Waals surface area (Å²) < 4.78 is 5.33. The fourth-order valence-corrected chi connectivity index (χ4v) is 1.86. The van der Waals surface area contributed by atoms with Crippen LogP contribution in [-0.2, 0) is 16.1 Å². The highest BCUT2D eigenvalue weighted by atomic mass is 79.9. The average molecular weight is 302 g/mol. The minimum Gasteiger partial charge on any atom is -0.507 e. The molecule has 0 bridgehead atoms. The number of phenols is 1. The largest absolute Gasteiger partial charge is 0.507 e. The third kappa shape index (κ3) is 4.02. The van der Waals surface area contributed by atoms with Crippen LogP contribution in [0.3, 0.4) is 0 Å². The van der Waals surface area contributed by atoms with E-state index in [2.05, 4.69) is 26.0 Å². The molecular formula is C12H16BrNO3. The predicted octanol–water partition coefficient (Wildman–Crippen LogP) is 2.20. The summed E-state index contributed by atoms with van der Waals surface area (Å²) in [6.07, 6.45) is 0.673. The fourth-order valence-electron chi connectivity index (χ4n) is 1.44. The molecule has 0 aliphatic heterocycles. The van der Waals surface area contributed by atoms with Crippen molar-refractivity contribution in [3.05, 3.63) is 28.2 Å². The molecule has 0 fully saturated rings. The van der Waals surface area contributed by atoms with E-state index >= 15 is 0 Å². The van der Waals surface area contributed by atoms with Crippen LogP contribution in [0.1, 0.15) is 18.9 Å². The van der Waals surface area contributed by atoms with Gasteiger partial charge in [0.25, 0.3) is 0 Å². The Morgan fingerprint density at radius 3 is 2.82 bits per heavy atom. The third-order valence-electron chi connectivity index (χ3n) is 2.46. The first kappa shape index (κ1) is 14.0. The van der Waals surface area contributed by atoms with Crippen molar-refractivity contribution in [3.8, 4) is 5.75 Å². The molecule has 0 aliphatic carbocycles. The van der Waals surface area contributed by atoms with Gasteiger partial charge in [-0.05, 0) is 40.0 Å². The average Bonchev–Trinajstić information content (AvgIpc) is 2.33. The molecule has 0 radical (unpaired) electrons. The molecule has 0 spiro atoms. The second-order valence-electron chi connectivity index (χ2n) is 3.65. The van der Waals surface area contributed by atoms with Gasteiger partial charge in [-0.25, -0.2) is 0 Å². The lowest BCUT2D eigenvalue weighted by Crippen LogP contribution is -2.36. The first-order chi connectivity index (χ1) is 8.08. The summed E-state index contributed by atoms with van der Waals surface area (Å²) in [5.41, 5.74) is 0.983. The summed E-state index contributed by atoms with van der Waals surface area (Å²) in [6.45, 7) is 2.47. The SMILES string of the molecule is CCC(NCc1ccc(O)c(Br)c1)C(=O)OC. The lowest BCUT2D eigenvalue weighted by Gasteiger charge is -2.14. The van der Waals surface area contributed by atoms with Gasteiger partial charge in [-0.3, -0.25) is 4.79 Å². The lowest BCUT2D eigenvalue weighted by molar-refractivity contribution is -0.143. The van der Waals surface area contributed by atoms with Gasteiger partial charge in [0.1, 0.15) is 11.8 Å². The number of nitrogens with one attached hydrogen (secondary N) is 1. The van der Waals surface area contributed by atoms with E-state index in [0.29, 0.717) is 17.4 Å². The molecule has 0 aromatic heterocycles. The van der Waals surface area contributed by atoms with E-state index in [1.54, 1.807) is 12.1 Å². The number of halogens is 1.